The molecule has 0 aliphatic rings. The molecule has 0 saturated heterocycles. The Labute approximate surface area is 244 Å². The maximum absolute atomic E-state index is 13.5. The van der Waals surface area contributed by atoms with Crippen molar-refractivity contribution in [2.24, 2.45) is 0 Å². The topological polar surface area (TPSA) is 120 Å². The highest BCUT2D eigenvalue weighted by Crippen LogP contribution is 2.28. The van der Waals surface area contributed by atoms with Crippen LogP contribution in [-0.2, 0) is 34.1 Å². The Morgan fingerprint density at radius 1 is 1.05 bits per heavy atom. The van der Waals surface area contributed by atoms with Crippen molar-refractivity contribution < 1.29 is 23.4 Å². The van der Waals surface area contributed by atoms with Gasteiger partial charge in [-0.1, -0.05) is 43.3 Å². The number of carboxylic acids is 1. The second-order valence-corrected chi connectivity index (χ2v) is 13.2. The van der Waals surface area contributed by atoms with E-state index in [0.717, 1.165) is 41.6 Å². The second-order valence-electron chi connectivity index (χ2n) is 11.1. The number of carbonyl (C=O) groups is 1. The zero-order valence-electron chi connectivity index (χ0n) is 24.5. The molecule has 1 unspecified atom stereocenters. The van der Waals surface area contributed by atoms with Gasteiger partial charge in [0.1, 0.15) is 0 Å². The fraction of sp³-hybridized carbons (Fsp3) is 0.438. The molecule has 0 fully saturated rings. The van der Waals surface area contributed by atoms with Crippen molar-refractivity contribution in [2.75, 3.05) is 20.1 Å². The Morgan fingerprint density at radius 2 is 1.76 bits per heavy atom. The lowest BCUT2D eigenvalue weighted by molar-refractivity contribution is -0.136. The maximum atomic E-state index is 13.5. The molecule has 3 rings (SSSR count). The molecule has 0 amide bonds. The highest BCUT2D eigenvalue weighted by atomic mass is 32.2. The fourth-order valence-corrected chi connectivity index (χ4v) is 6.25. The largest absolute Gasteiger partial charge is 0.481 e. The first-order chi connectivity index (χ1) is 19.4. The molecule has 0 radical (unpaired) electrons. The van der Waals surface area contributed by atoms with Crippen LogP contribution in [0.2, 0.25) is 0 Å². The zero-order chi connectivity index (χ0) is 30.0. The molecular formula is C32H43N3O5S. The van der Waals surface area contributed by atoms with Crippen LogP contribution >= 0.6 is 0 Å². The van der Waals surface area contributed by atoms with Gasteiger partial charge in [0.25, 0.3) is 0 Å². The van der Waals surface area contributed by atoms with Gasteiger partial charge in [-0.15, -0.1) is 0 Å². The molecule has 8 nitrogen and oxygen atoms in total. The molecule has 0 spiro atoms. The Hall–Kier alpha value is -3.11. The molecule has 41 heavy (non-hydrogen) atoms. The number of likely N-dealkylation sites (N-methyl/N-ethyl adjacent to an activating group) is 1. The molecule has 0 bridgehead atoms. The first-order valence-corrected chi connectivity index (χ1v) is 15.6. The average molecular weight is 582 g/mol. The SMILES string of the molecule is CCc1cc(-c2ccc(CCC(=O)O)cc2)ccc1S(=O)(=O)N(C)CC(O)CNC(C)(C)CCCc1ccccn1. The van der Waals surface area contributed by atoms with E-state index in [4.69, 9.17) is 5.11 Å². The van der Waals surface area contributed by atoms with E-state index in [2.05, 4.69) is 24.1 Å². The van der Waals surface area contributed by atoms with Crippen molar-refractivity contribution in [1.29, 1.82) is 0 Å². The molecule has 3 aromatic rings. The summed E-state index contributed by atoms with van der Waals surface area (Å²) in [7, 11) is -2.31. The number of hydrogen-bond donors (Lipinski definition) is 3. The molecule has 0 saturated carbocycles. The van der Waals surface area contributed by atoms with Crippen molar-refractivity contribution in [3.8, 4) is 11.1 Å². The number of benzene rings is 2. The lowest BCUT2D eigenvalue weighted by atomic mass is 9.96. The number of nitrogens with one attached hydrogen (secondary N) is 1. The minimum atomic E-state index is -3.81. The molecule has 3 N–H and O–H groups in total. The fourth-order valence-electron chi connectivity index (χ4n) is 4.77. The highest BCUT2D eigenvalue weighted by molar-refractivity contribution is 7.89. The molecule has 9 heteroatoms. The van der Waals surface area contributed by atoms with Crippen molar-refractivity contribution in [3.05, 3.63) is 83.7 Å². The summed E-state index contributed by atoms with van der Waals surface area (Å²) in [5, 5.41) is 23.0. The lowest BCUT2D eigenvalue weighted by Gasteiger charge is -2.29. The van der Waals surface area contributed by atoms with E-state index in [1.807, 2.05) is 55.5 Å². The normalized spacial score (nSPS) is 12.9. The van der Waals surface area contributed by atoms with Gasteiger partial charge in [0.2, 0.25) is 10.0 Å². The number of carboxylic acid groups (broad SMARTS) is 1. The molecule has 222 valence electrons. The van der Waals surface area contributed by atoms with E-state index in [1.54, 1.807) is 18.3 Å². The maximum Gasteiger partial charge on any atom is 0.303 e. The van der Waals surface area contributed by atoms with Gasteiger partial charge in [-0.05, 0) is 92.5 Å². The van der Waals surface area contributed by atoms with Gasteiger partial charge in [-0.25, -0.2) is 8.42 Å². The van der Waals surface area contributed by atoms with E-state index < -0.39 is 22.1 Å². The number of pyridine rings is 1. The molecule has 1 atom stereocenters. The number of sulfonamides is 1. The van der Waals surface area contributed by atoms with E-state index in [1.165, 1.54) is 11.4 Å². The van der Waals surface area contributed by atoms with Gasteiger partial charge >= 0.3 is 5.97 Å². The van der Waals surface area contributed by atoms with Crippen molar-refractivity contribution in [2.45, 2.75) is 75.8 Å². The van der Waals surface area contributed by atoms with Gasteiger partial charge in [-0.3, -0.25) is 9.78 Å². The van der Waals surface area contributed by atoms with Gasteiger partial charge in [0.05, 0.1) is 11.0 Å². The summed E-state index contributed by atoms with van der Waals surface area (Å²) in [6.45, 7) is 6.33. The summed E-state index contributed by atoms with van der Waals surface area (Å²) < 4.78 is 28.2. The number of hydrogen-bond acceptors (Lipinski definition) is 6. The number of aliphatic hydroxyl groups excluding tert-OH is 1. The number of β-amino-alcohol motifs (C(OH)–C–C–N with tert-alkyl or cyclic N) is 1. The Bertz CT molecular complexity index is 1380. The highest BCUT2D eigenvalue weighted by Gasteiger charge is 2.26. The zero-order valence-corrected chi connectivity index (χ0v) is 25.3. The van der Waals surface area contributed by atoms with Gasteiger partial charge < -0.3 is 15.5 Å². The van der Waals surface area contributed by atoms with Crippen LogP contribution in [0.3, 0.4) is 0 Å². The van der Waals surface area contributed by atoms with Crippen molar-refractivity contribution in [3.63, 3.8) is 0 Å². The Balaban J connectivity index is 1.59. The molecule has 0 aliphatic carbocycles. The van der Waals surface area contributed by atoms with E-state index in [-0.39, 0.29) is 29.9 Å². The minimum absolute atomic E-state index is 0.0257. The number of nitrogens with zero attached hydrogens (tertiary/aromatic N) is 2. The van der Waals surface area contributed by atoms with Crippen LogP contribution in [-0.4, -0.2) is 65.7 Å². The Morgan fingerprint density at radius 3 is 2.39 bits per heavy atom. The summed E-state index contributed by atoms with van der Waals surface area (Å²) in [5.41, 5.74) is 4.30. The molecule has 2 aromatic carbocycles. The summed E-state index contributed by atoms with van der Waals surface area (Å²) in [6.07, 6.45) is 4.72. The van der Waals surface area contributed by atoms with Gasteiger partial charge in [0.15, 0.2) is 0 Å². The van der Waals surface area contributed by atoms with Crippen molar-refractivity contribution in [1.82, 2.24) is 14.6 Å². The van der Waals surface area contributed by atoms with Crippen LogP contribution in [0.25, 0.3) is 11.1 Å². The van der Waals surface area contributed by atoms with E-state index >= 15 is 0 Å². The summed E-state index contributed by atoms with van der Waals surface area (Å²) in [4.78, 5) is 15.4. The predicted octanol–water partition coefficient (Wildman–Crippen LogP) is 4.70. The van der Waals surface area contributed by atoms with E-state index in [9.17, 15) is 18.3 Å². The number of aryl methyl sites for hydroxylation is 3. The van der Waals surface area contributed by atoms with Crippen molar-refractivity contribution >= 4 is 16.0 Å². The third kappa shape index (κ3) is 9.74. The summed E-state index contributed by atoms with van der Waals surface area (Å²) in [5.74, 6) is -0.830. The third-order valence-electron chi connectivity index (χ3n) is 7.29. The van der Waals surface area contributed by atoms with Gasteiger partial charge in [0, 0.05) is 44.0 Å². The van der Waals surface area contributed by atoms with Crippen LogP contribution in [0.15, 0.2) is 71.8 Å². The number of rotatable bonds is 16. The number of aromatic nitrogens is 1. The summed E-state index contributed by atoms with van der Waals surface area (Å²) >= 11 is 0. The molecule has 0 aliphatic heterocycles. The molecule has 1 heterocycles. The quantitative estimate of drug-likeness (QED) is 0.224. The third-order valence-corrected chi connectivity index (χ3v) is 9.21. The first kappa shape index (κ1) is 32.4. The smallest absolute Gasteiger partial charge is 0.303 e. The number of aliphatic carboxylic acids is 1. The Kier molecular flexibility index (Phi) is 11.6. The van der Waals surface area contributed by atoms with Crippen LogP contribution in [0.5, 0.6) is 0 Å². The molecule has 1 aromatic heterocycles. The number of aliphatic hydroxyl groups is 1. The van der Waals surface area contributed by atoms with E-state index in [0.29, 0.717) is 18.4 Å². The van der Waals surface area contributed by atoms with Crippen LogP contribution in [0.1, 0.15) is 56.9 Å². The second kappa shape index (κ2) is 14.7. The minimum Gasteiger partial charge on any atom is -0.481 e. The average Bonchev–Trinajstić information content (AvgIpc) is 2.95. The first-order valence-electron chi connectivity index (χ1n) is 14.1. The predicted molar refractivity (Wildman–Crippen MR) is 162 cm³/mol. The van der Waals surface area contributed by atoms with Gasteiger partial charge in [-0.2, -0.15) is 4.31 Å². The molecular weight excluding hydrogens is 538 g/mol. The lowest BCUT2D eigenvalue weighted by Crippen LogP contribution is -2.46. The van der Waals surface area contributed by atoms with Crippen LogP contribution in [0, 0.1) is 0 Å². The monoisotopic (exact) mass is 581 g/mol. The van der Waals surface area contributed by atoms with Crippen LogP contribution in [0.4, 0.5) is 0 Å². The van der Waals surface area contributed by atoms with Crippen LogP contribution < -0.4 is 5.32 Å². The summed E-state index contributed by atoms with van der Waals surface area (Å²) in [6, 6.07) is 18.9. The standard InChI is InChI=1S/C32H43N3O5S/c1-5-25-21-27(26-14-11-24(12-15-26)13-18-31(37)38)16-17-30(25)41(39,40)35(4)23-29(36)22-34-32(2,3)19-8-10-28-9-6-7-20-33-28/h6-7,9,11-12,14-17,20-21,29,34,36H,5,8,10,13,18-19,22-23H2,1-4H3,(H,37,38).